The minimum atomic E-state index is -0.579. The highest BCUT2D eigenvalue weighted by molar-refractivity contribution is 5.77. The molecule has 128 valence electrons. The number of benzene rings is 1. The molecule has 1 aromatic carbocycles. The van der Waals surface area contributed by atoms with E-state index in [1.54, 1.807) is 4.90 Å². The molecule has 0 N–H and O–H groups in total. The van der Waals surface area contributed by atoms with E-state index >= 15 is 0 Å². The lowest BCUT2D eigenvalue weighted by atomic mass is 10.2. The molecule has 0 saturated carbocycles. The van der Waals surface area contributed by atoms with Gasteiger partial charge in [-0.05, 0) is 12.5 Å². The number of hydrogen-bond acceptors (Lipinski definition) is 6. The molecule has 9 nitrogen and oxygen atoms in total. The monoisotopic (exact) mass is 335 g/mol. The highest BCUT2D eigenvalue weighted by atomic mass is 16.6. The van der Waals surface area contributed by atoms with Gasteiger partial charge >= 0.3 is 5.76 Å². The van der Waals surface area contributed by atoms with Crippen molar-refractivity contribution in [3.8, 4) is 0 Å². The normalized spacial score (nSPS) is 14.9. The predicted octanol–water partition coefficient (Wildman–Crippen LogP) is 1.14. The number of aromatic nitrogens is 1. The lowest BCUT2D eigenvalue weighted by Crippen LogP contribution is -2.40. The SMILES string of the molecule is O=C(CCCn1c(=O)oc2cc([N+](=O)[O-])ccc21)N1CCOCC1. The highest BCUT2D eigenvalue weighted by Gasteiger charge is 2.17. The van der Waals surface area contributed by atoms with E-state index in [-0.39, 0.29) is 17.2 Å². The molecule has 24 heavy (non-hydrogen) atoms. The second-order valence-corrected chi connectivity index (χ2v) is 5.53. The van der Waals surface area contributed by atoms with Gasteiger partial charge in [0.25, 0.3) is 5.69 Å². The first-order valence-corrected chi connectivity index (χ1v) is 7.69. The number of aryl methyl sites for hydroxylation is 1. The number of carbonyl (C=O) groups is 1. The van der Waals surface area contributed by atoms with Crippen molar-refractivity contribution in [1.82, 2.24) is 9.47 Å². The summed E-state index contributed by atoms with van der Waals surface area (Å²) in [5, 5.41) is 10.8. The summed E-state index contributed by atoms with van der Waals surface area (Å²) in [6, 6.07) is 4.04. The number of oxazole rings is 1. The van der Waals surface area contributed by atoms with Crippen molar-refractivity contribution in [2.24, 2.45) is 0 Å². The van der Waals surface area contributed by atoms with E-state index in [0.717, 1.165) is 0 Å². The molecule has 2 aromatic rings. The maximum atomic E-state index is 12.1. The first-order chi connectivity index (χ1) is 11.6. The Labute approximate surface area is 136 Å². The quantitative estimate of drug-likeness (QED) is 0.599. The number of amides is 1. The molecule has 0 radical (unpaired) electrons. The van der Waals surface area contributed by atoms with E-state index in [0.29, 0.717) is 51.2 Å². The highest BCUT2D eigenvalue weighted by Crippen LogP contribution is 2.20. The molecule has 1 aromatic heterocycles. The molecule has 9 heteroatoms. The minimum Gasteiger partial charge on any atom is -0.407 e. The van der Waals surface area contributed by atoms with Gasteiger partial charge in [-0.1, -0.05) is 0 Å². The van der Waals surface area contributed by atoms with Crippen LogP contribution < -0.4 is 5.76 Å². The van der Waals surface area contributed by atoms with E-state index < -0.39 is 10.7 Å². The largest absolute Gasteiger partial charge is 0.419 e. The fourth-order valence-corrected chi connectivity index (χ4v) is 2.74. The van der Waals surface area contributed by atoms with Crippen LogP contribution in [0.3, 0.4) is 0 Å². The molecule has 1 aliphatic heterocycles. The summed E-state index contributed by atoms with van der Waals surface area (Å²) < 4.78 is 11.7. The van der Waals surface area contributed by atoms with Crippen LogP contribution in [-0.2, 0) is 16.1 Å². The maximum Gasteiger partial charge on any atom is 0.419 e. The third-order valence-corrected chi connectivity index (χ3v) is 4.00. The molecular formula is C15H17N3O6. The van der Waals surface area contributed by atoms with Crippen LogP contribution in [0.25, 0.3) is 11.1 Å². The van der Waals surface area contributed by atoms with E-state index in [1.165, 1.54) is 22.8 Å². The molecule has 2 heterocycles. The van der Waals surface area contributed by atoms with Gasteiger partial charge in [0.1, 0.15) is 0 Å². The zero-order valence-corrected chi connectivity index (χ0v) is 13.0. The van der Waals surface area contributed by atoms with Crippen LogP contribution in [0.5, 0.6) is 0 Å². The number of morpholine rings is 1. The van der Waals surface area contributed by atoms with E-state index in [4.69, 9.17) is 9.15 Å². The number of non-ortho nitro benzene ring substituents is 1. The van der Waals surface area contributed by atoms with Crippen molar-refractivity contribution in [2.45, 2.75) is 19.4 Å². The van der Waals surface area contributed by atoms with Gasteiger partial charge in [-0.2, -0.15) is 0 Å². The Hall–Kier alpha value is -2.68. The average Bonchev–Trinajstić information content (AvgIpc) is 2.90. The lowest BCUT2D eigenvalue weighted by Gasteiger charge is -2.26. The van der Waals surface area contributed by atoms with Gasteiger partial charge in [0.2, 0.25) is 5.91 Å². The number of nitro groups is 1. The van der Waals surface area contributed by atoms with E-state index in [1.807, 2.05) is 0 Å². The Bertz CT molecular complexity index is 818. The first kappa shape index (κ1) is 16.2. The van der Waals surface area contributed by atoms with Crippen LogP contribution in [0.4, 0.5) is 5.69 Å². The Morgan fingerprint density at radius 1 is 1.29 bits per heavy atom. The number of rotatable bonds is 5. The molecule has 0 bridgehead atoms. The smallest absolute Gasteiger partial charge is 0.407 e. The average molecular weight is 335 g/mol. The van der Waals surface area contributed by atoms with Crippen LogP contribution in [0, 0.1) is 10.1 Å². The number of ether oxygens (including phenoxy) is 1. The standard InChI is InChI=1S/C15H17N3O6/c19-14(16-6-8-23-9-7-16)2-1-5-17-12-4-3-11(18(21)22)10-13(12)24-15(17)20/h3-4,10H,1-2,5-9H2. The second kappa shape index (κ2) is 6.83. The number of nitrogens with zero attached hydrogens (tertiary/aromatic N) is 3. The van der Waals surface area contributed by atoms with Crippen molar-refractivity contribution < 1.29 is 18.9 Å². The summed E-state index contributed by atoms with van der Waals surface area (Å²) >= 11 is 0. The summed E-state index contributed by atoms with van der Waals surface area (Å²) in [4.78, 5) is 36.0. The van der Waals surface area contributed by atoms with E-state index in [9.17, 15) is 19.7 Å². The van der Waals surface area contributed by atoms with Gasteiger partial charge < -0.3 is 14.1 Å². The summed E-state index contributed by atoms with van der Waals surface area (Å²) in [5.41, 5.74) is 0.532. The summed E-state index contributed by atoms with van der Waals surface area (Å²) in [7, 11) is 0. The second-order valence-electron chi connectivity index (χ2n) is 5.53. The van der Waals surface area contributed by atoms with Gasteiger partial charge in [0, 0.05) is 32.1 Å². The maximum absolute atomic E-state index is 12.1. The Morgan fingerprint density at radius 3 is 2.75 bits per heavy atom. The van der Waals surface area contributed by atoms with Crippen LogP contribution in [-0.4, -0.2) is 46.6 Å². The third-order valence-electron chi connectivity index (χ3n) is 4.00. The molecule has 0 spiro atoms. The van der Waals surface area contributed by atoms with Crippen molar-refractivity contribution in [1.29, 1.82) is 0 Å². The number of hydrogen-bond donors (Lipinski definition) is 0. The van der Waals surface area contributed by atoms with Crippen molar-refractivity contribution >= 4 is 22.7 Å². The molecule has 1 amide bonds. The van der Waals surface area contributed by atoms with Gasteiger partial charge in [0.05, 0.1) is 29.7 Å². The zero-order chi connectivity index (χ0) is 17.1. The lowest BCUT2D eigenvalue weighted by molar-refractivity contribution is -0.384. The van der Waals surface area contributed by atoms with E-state index in [2.05, 4.69) is 0 Å². The van der Waals surface area contributed by atoms with Crippen molar-refractivity contribution in [3.63, 3.8) is 0 Å². The fourth-order valence-electron chi connectivity index (χ4n) is 2.74. The van der Waals surface area contributed by atoms with Gasteiger partial charge in [0.15, 0.2) is 5.58 Å². The minimum absolute atomic E-state index is 0.0368. The summed E-state index contributed by atoms with van der Waals surface area (Å²) in [6.45, 7) is 2.61. The fraction of sp³-hybridized carbons (Fsp3) is 0.467. The topological polar surface area (TPSA) is 108 Å². The Kier molecular flexibility index (Phi) is 4.61. The van der Waals surface area contributed by atoms with Crippen LogP contribution in [0.1, 0.15) is 12.8 Å². The number of fused-ring (bicyclic) bond motifs is 1. The first-order valence-electron chi connectivity index (χ1n) is 7.69. The third kappa shape index (κ3) is 3.30. The number of nitro benzene ring substituents is 1. The summed E-state index contributed by atoms with van der Waals surface area (Å²) in [5.74, 6) is -0.542. The van der Waals surface area contributed by atoms with Crippen molar-refractivity contribution in [2.75, 3.05) is 26.3 Å². The summed E-state index contributed by atoms with van der Waals surface area (Å²) in [6.07, 6.45) is 0.813. The van der Waals surface area contributed by atoms with Gasteiger partial charge in [-0.15, -0.1) is 0 Å². The Balaban J connectivity index is 1.66. The molecule has 0 aliphatic carbocycles. The van der Waals surface area contributed by atoms with Crippen molar-refractivity contribution in [3.05, 3.63) is 38.9 Å². The van der Waals surface area contributed by atoms with Crippen LogP contribution >= 0.6 is 0 Å². The zero-order valence-electron chi connectivity index (χ0n) is 13.0. The Morgan fingerprint density at radius 2 is 2.04 bits per heavy atom. The van der Waals surface area contributed by atoms with Crippen LogP contribution in [0.15, 0.2) is 27.4 Å². The molecule has 1 fully saturated rings. The van der Waals surface area contributed by atoms with Crippen LogP contribution in [0.2, 0.25) is 0 Å². The molecule has 0 unspecified atom stereocenters. The molecule has 3 rings (SSSR count). The molecule has 0 atom stereocenters. The number of carbonyl (C=O) groups excluding carboxylic acids is 1. The predicted molar refractivity (Wildman–Crippen MR) is 83.8 cm³/mol. The molecule has 1 aliphatic rings. The molecular weight excluding hydrogens is 318 g/mol. The van der Waals surface area contributed by atoms with Gasteiger partial charge in [-0.3, -0.25) is 19.5 Å². The van der Waals surface area contributed by atoms with Gasteiger partial charge in [-0.25, -0.2) is 4.79 Å². The molecule has 1 saturated heterocycles.